The normalized spacial score (nSPS) is 10.4. The Morgan fingerprint density at radius 2 is 1.19 bits per heavy atom. The van der Waals surface area contributed by atoms with Crippen LogP contribution in [0.2, 0.25) is 5.02 Å². The lowest BCUT2D eigenvalue weighted by atomic mass is 10.3. The van der Waals surface area contributed by atoms with Gasteiger partial charge in [0.15, 0.2) is 11.6 Å². The van der Waals surface area contributed by atoms with Gasteiger partial charge in [-0.15, -0.1) is 10.2 Å². The molecule has 4 aromatic rings. The maximum atomic E-state index is 11.8. The quantitative estimate of drug-likeness (QED) is 0.469. The van der Waals surface area contributed by atoms with Crippen LogP contribution in [-0.4, -0.2) is 29.5 Å². The average Bonchev–Trinajstić information content (AvgIpc) is 2.75. The van der Waals surface area contributed by atoms with Crippen LogP contribution < -0.4 is 22.6 Å². The molecule has 0 bridgehead atoms. The van der Waals surface area contributed by atoms with Crippen molar-refractivity contribution in [2.24, 2.45) is 0 Å². The minimum Gasteiger partial charge on any atom is -0.394 e. The summed E-state index contributed by atoms with van der Waals surface area (Å²) in [4.78, 5) is 23.5. The van der Waals surface area contributed by atoms with Gasteiger partial charge in [-0.2, -0.15) is 10.2 Å². The molecule has 10 nitrogen and oxygen atoms in total. The van der Waals surface area contributed by atoms with Crippen molar-refractivity contribution in [2.75, 3.05) is 11.5 Å². The van der Waals surface area contributed by atoms with E-state index in [1.54, 1.807) is 36.5 Å². The Morgan fingerprint density at radius 1 is 0.719 bits per heavy atom. The Bertz CT molecular complexity index is 1260. The summed E-state index contributed by atoms with van der Waals surface area (Å²) in [6, 6.07) is 10.0. The second kappa shape index (κ2) is 9.40. The summed E-state index contributed by atoms with van der Waals surface area (Å²) in [6.45, 7) is 5.52. The molecule has 0 radical (unpaired) electrons. The Kier molecular flexibility index (Phi) is 6.64. The lowest BCUT2D eigenvalue weighted by Gasteiger charge is -2.06. The second-order valence-corrected chi connectivity index (χ2v) is 7.44. The van der Waals surface area contributed by atoms with Gasteiger partial charge >= 0.3 is 0 Å². The molecule has 0 fully saturated rings. The van der Waals surface area contributed by atoms with E-state index in [9.17, 15) is 9.59 Å². The summed E-state index contributed by atoms with van der Waals surface area (Å²) in [7, 11) is 0. The van der Waals surface area contributed by atoms with E-state index in [0.29, 0.717) is 16.7 Å². The van der Waals surface area contributed by atoms with Gasteiger partial charge in [0.25, 0.3) is 11.1 Å². The van der Waals surface area contributed by atoms with Crippen LogP contribution in [0.15, 0.2) is 58.4 Å². The Morgan fingerprint density at radius 3 is 1.66 bits per heavy atom. The highest BCUT2D eigenvalue weighted by atomic mass is 35.5. The third kappa shape index (κ3) is 5.16. The number of aromatic nitrogens is 6. The number of anilines is 2. The molecule has 11 heteroatoms. The molecule has 0 atom stereocenters. The van der Waals surface area contributed by atoms with E-state index in [-0.39, 0.29) is 22.5 Å². The van der Waals surface area contributed by atoms with Crippen LogP contribution in [0, 0.1) is 20.8 Å². The lowest BCUT2D eigenvalue weighted by molar-refractivity contribution is 0.864. The Labute approximate surface area is 188 Å². The maximum Gasteiger partial charge on any atom is 0.279 e. The zero-order chi connectivity index (χ0) is 23.4. The first-order chi connectivity index (χ1) is 15.2. The zero-order valence-corrected chi connectivity index (χ0v) is 18.4. The number of hydrogen-bond acceptors (Lipinski definition) is 8. The minimum atomic E-state index is -0.359. The molecule has 0 spiro atoms. The number of aryl methyl sites for hydroxylation is 3. The first-order valence-corrected chi connectivity index (χ1v) is 9.81. The molecule has 0 saturated heterocycles. The first kappa shape index (κ1) is 22.6. The lowest BCUT2D eigenvalue weighted by Crippen LogP contribution is -2.22. The molecule has 0 aliphatic rings. The number of halogens is 1. The third-order valence-corrected chi connectivity index (χ3v) is 4.46. The van der Waals surface area contributed by atoms with Gasteiger partial charge in [-0.3, -0.25) is 18.7 Å². The molecule has 4 heterocycles. The highest BCUT2D eigenvalue weighted by Crippen LogP contribution is 2.11. The molecule has 0 saturated carbocycles. The molecule has 4 N–H and O–H groups in total. The van der Waals surface area contributed by atoms with E-state index in [4.69, 9.17) is 23.1 Å². The molecule has 4 aromatic heterocycles. The van der Waals surface area contributed by atoms with Crippen molar-refractivity contribution >= 4 is 23.0 Å². The fourth-order valence-corrected chi connectivity index (χ4v) is 2.91. The molecule has 0 aliphatic heterocycles. The molecule has 0 aliphatic carbocycles. The number of hydrogen-bond donors (Lipinski definition) is 2. The average molecular weight is 453 g/mol. The van der Waals surface area contributed by atoms with Gasteiger partial charge in [0.1, 0.15) is 0 Å². The van der Waals surface area contributed by atoms with Crippen molar-refractivity contribution in [3.63, 3.8) is 0 Å². The fraction of sp³-hybridized carbons (Fsp3) is 0.143. The summed E-state index contributed by atoms with van der Waals surface area (Å²) < 4.78 is 2.67. The second-order valence-electron chi connectivity index (χ2n) is 7.00. The van der Waals surface area contributed by atoms with Crippen molar-refractivity contribution < 1.29 is 0 Å². The number of nitrogens with two attached hydrogens (primary N) is 2. The standard InChI is InChI=1S/C11H12N4O.C10H9ClN4O/c1-7-5-9(12)11(16)15(6-7)10-4-3-8(2)13-14-10;1-6-2-3-9(14-13-6)15-5-7(11)4-8(12)10(15)16/h3-6H,12H2,1-2H3;2-5H,12H2,1H3. The van der Waals surface area contributed by atoms with Gasteiger partial charge in [0, 0.05) is 12.4 Å². The van der Waals surface area contributed by atoms with E-state index in [0.717, 1.165) is 17.0 Å². The van der Waals surface area contributed by atoms with Crippen LogP contribution in [0.3, 0.4) is 0 Å². The van der Waals surface area contributed by atoms with Crippen LogP contribution in [0.25, 0.3) is 11.6 Å². The third-order valence-electron chi connectivity index (χ3n) is 4.25. The fourth-order valence-electron chi connectivity index (χ4n) is 2.70. The zero-order valence-electron chi connectivity index (χ0n) is 17.7. The van der Waals surface area contributed by atoms with Crippen molar-refractivity contribution in [1.29, 1.82) is 0 Å². The van der Waals surface area contributed by atoms with Crippen molar-refractivity contribution in [3.8, 4) is 11.6 Å². The summed E-state index contributed by atoms with van der Waals surface area (Å²) in [5.74, 6) is 0.871. The van der Waals surface area contributed by atoms with E-state index in [1.807, 2.05) is 20.8 Å². The van der Waals surface area contributed by atoms with Crippen LogP contribution in [0.4, 0.5) is 11.4 Å². The van der Waals surface area contributed by atoms with Gasteiger partial charge in [0.05, 0.1) is 27.8 Å². The van der Waals surface area contributed by atoms with Gasteiger partial charge in [0.2, 0.25) is 0 Å². The van der Waals surface area contributed by atoms with Gasteiger partial charge in [-0.1, -0.05) is 11.6 Å². The van der Waals surface area contributed by atoms with Crippen LogP contribution >= 0.6 is 11.6 Å². The SMILES string of the molecule is Cc1cc(N)c(=O)n(-c2ccc(C)nn2)c1.Cc1ccc(-n2cc(Cl)cc(N)c2=O)nn1. The number of pyridine rings is 2. The maximum absolute atomic E-state index is 11.8. The molecular weight excluding hydrogens is 432 g/mol. The molecule has 0 aromatic carbocycles. The van der Waals surface area contributed by atoms with E-state index < -0.39 is 0 Å². The summed E-state index contributed by atoms with van der Waals surface area (Å²) >= 11 is 5.82. The van der Waals surface area contributed by atoms with Crippen LogP contribution in [0.5, 0.6) is 0 Å². The first-order valence-electron chi connectivity index (χ1n) is 9.43. The molecule has 32 heavy (non-hydrogen) atoms. The van der Waals surface area contributed by atoms with Crippen LogP contribution in [0.1, 0.15) is 17.0 Å². The van der Waals surface area contributed by atoms with Gasteiger partial charge in [-0.25, -0.2) is 0 Å². The topological polar surface area (TPSA) is 148 Å². The number of nitrogen functional groups attached to an aromatic ring is 2. The predicted octanol–water partition coefficient (Wildman–Crippen LogP) is 2.00. The van der Waals surface area contributed by atoms with Crippen molar-refractivity contribution in [2.45, 2.75) is 20.8 Å². The summed E-state index contributed by atoms with van der Waals surface area (Å²) in [5.41, 5.74) is 13.3. The minimum absolute atomic E-state index is 0.0786. The van der Waals surface area contributed by atoms with E-state index in [1.165, 1.54) is 21.4 Å². The largest absolute Gasteiger partial charge is 0.394 e. The van der Waals surface area contributed by atoms with Crippen molar-refractivity contribution in [3.05, 3.63) is 91.5 Å². The smallest absolute Gasteiger partial charge is 0.279 e. The molecular formula is C21H21ClN8O2. The molecule has 164 valence electrons. The molecule has 0 unspecified atom stereocenters. The summed E-state index contributed by atoms with van der Waals surface area (Å²) in [6.07, 6.45) is 3.15. The Balaban J connectivity index is 0.000000181. The predicted molar refractivity (Wildman–Crippen MR) is 123 cm³/mol. The van der Waals surface area contributed by atoms with Crippen LogP contribution in [-0.2, 0) is 0 Å². The van der Waals surface area contributed by atoms with Gasteiger partial charge in [-0.05, 0) is 62.7 Å². The summed E-state index contributed by atoms with van der Waals surface area (Å²) in [5, 5.41) is 16.0. The molecule has 0 amide bonds. The Hall–Kier alpha value is -4.05. The highest BCUT2D eigenvalue weighted by molar-refractivity contribution is 6.30. The number of nitrogens with zero attached hydrogens (tertiary/aromatic N) is 6. The van der Waals surface area contributed by atoms with E-state index in [2.05, 4.69) is 20.4 Å². The highest BCUT2D eigenvalue weighted by Gasteiger charge is 2.07. The van der Waals surface area contributed by atoms with E-state index >= 15 is 0 Å². The van der Waals surface area contributed by atoms with Crippen molar-refractivity contribution in [1.82, 2.24) is 29.5 Å². The monoisotopic (exact) mass is 452 g/mol. The van der Waals surface area contributed by atoms with Gasteiger partial charge < -0.3 is 11.5 Å². The number of rotatable bonds is 2. The molecule has 4 rings (SSSR count).